The van der Waals surface area contributed by atoms with Gasteiger partial charge in [-0.2, -0.15) is 0 Å². The summed E-state index contributed by atoms with van der Waals surface area (Å²) in [5, 5.41) is 12.6. The molecular formula is C18H36ClN3O5. The van der Waals surface area contributed by atoms with Crippen molar-refractivity contribution < 1.29 is 23.8 Å². The molecule has 1 amide bonds. The minimum atomic E-state index is -0.773. The highest BCUT2D eigenvalue weighted by Crippen LogP contribution is 2.12. The maximum absolute atomic E-state index is 12.3. The molecule has 0 saturated heterocycles. The van der Waals surface area contributed by atoms with E-state index in [9.17, 15) is 9.59 Å². The number of halogens is 1. The third-order valence-electron chi connectivity index (χ3n) is 2.84. The molecule has 9 heteroatoms. The van der Waals surface area contributed by atoms with Crippen LogP contribution < -0.4 is 10.6 Å². The van der Waals surface area contributed by atoms with E-state index in [0.717, 1.165) is 0 Å². The zero-order valence-electron chi connectivity index (χ0n) is 17.3. The van der Waals surface area contributed by atoms with E-state index in [1.165, 1.54) is 6.21 Å². The Morgan fingerprint density at radius 2 is 1.67 bits per heavy atom. The van der Waals surface area contributed by atoms with Crippen molar-refractivity contribution in [2.75, 3.05) is 19.9 Å². The molecule has 0 unspecified atom stereocenters. The lowest BCUT2D eigenvalue weighted by Gasteiger charge is -2.26. The molecule has 0 aromatic heterocycles. The first-order valence-corrected chi connectivity index (χ1v) is 8.94. The second-order valence-corrected chi connectivity index (χ2v) is 7.92. The topological polar surface area (TPSA) is 110 Å². The van der Waals surface area contributed by atoms with Gasteiger partial charge in [-0.05, 0) is 67.1 Å². The van der Waals surface area contributed by atoms with Gasteiger partial charge in [0.1, 0.15) is 17.2 Å². The number of hydrogen-bond donors (Lipinski definition) is 3. The molecule has 0 aliphatic carbocycles. The first kappa shape index (κ1) is 27.8. The molecule has 0 fully saturated rings. The minimum Gasteiger partial charge on any atom is -0.458 e. The monoisotopic (exact) mass is 409 g/mol. The molecule has 0 aliphatic heterocycles. The maximum Gasteiger partial charge on any atom is 0.408 e. The van der Waals surface area contributed by atoms with E-state index in [-0.39, 0.29) is 12.4 Å². The Morgan fingerprint density at radius 1 is 1.07 bits per heavy atom. The Balaban J connectivity index is 0. The predicted octanol–water partition coefficient (Wildman–Crippen LogP) is 3.03. The van der Waals surface area contributed by atoms with Gasteiger partial charge in [0.15, 0.2) is 0 Å². The lowest BCUT2D eigenvalue weighted by molar-refractivity contribution is -0.157. The summed E-state index contributed by atoms with van der Waals surface area (Å²) < 4.78 is 15.9. The lowest BCUT2D eigenvalue weighted by Crippen LogP contribution is -2.46. The van der Waals surface area contributed by atoms with Gasteiger partial charge in [-0.15, -0.1) is 12.4 Å². The fourth-order valence-corrected chi connectivity index (χ4v) is 1.86. The van der Waals surface area contributed by atoms with Crippen LogP contribution in [0.1, 0.15) is 60.8 Å². The first-order valence-electron chi connectivity index (χ1n) is 8.94. The molecule has 27 heavy (non-hydrogen) atoms. The fourth-order valence-electron chi connectivity index (χ4n) is 1.86. The number of hydrogen-bond acceptors (Lipinski definition) is 7. The highest BCUT2D eigenvalue weighted by atomic mass is 35.5. The van der Waals surface area contributed by atoms with Gasteiger partial charge in [-0.1, -0.05) is 0 Å². The summed E-state index contributed by atoms with van der Waals surface area (Å²) in [6.07, 6.45) is 2.31. The molecule has 3 N–H and O–H groups in total. The number of carbonyl (C=O) groups excluding carboxylic acids is 2. The van der Waals surface area contributed by atoms with Crippen molar-refractivity contribution in [3.63, 3.8) is 0 Å². The third-order valence-corrected chi connectivity index (χ3v) is 2.84. The Hall–Kier alpha value is -1.38. The van der Waals surface area contributed by atoms with Gasteiger partial charge in [0.05, 0.1) is 13.3 Å². The second kappa shape index (κ2) is 13.7. The normalized spacial score (nSPS) is 12.5. The molecule has 0 aliphatic rings. The van der Waals surface area contributed by atoms with E-state index in [1.807, 2.05) is 0 Å². The Bertz CT molecular complexity index is 447. The number of ether oxygens (including phenoxy) is 3. The van der Waals surface area contributed by atoms with Gasteiger partial charge < -0.3 is 24.9 Å². The van der Waals surface area contributed by atoms with Crippen molar-refractivity contribution >= 4 is 30.7 Å². The largest absolute Gasteiger partial charge is 0.458 e. The van der Waals surface area contributed by atoms with Crippen molar-refractivity contribution in [3.8, 4) is 0 Å². The molecule has 0 aromatic carbocycles. The van der Waals surface area contributed by atoms with Crippen LogP contribution in [0.3, 0.4) is 0 Å². The number of esters is 1. The van der Waals surface area contributed by atoms with Gasteiger partial charge in [-0.25, -0.2) is 9.59 Å². The van der Waals surface area contributed by atoms with Crippen LogP contribution in [0, 0.1) is 5.41 Å². The summed E-state index contributed by atoms with van der Waals surface area (Å²) in [5.41, 5.74) is -1.27. The molecule has 0 rings (SSSR count). The van der Waals surface area contributed by atoms with Gasteiger partial charge in [0, 0.05) is 6.42 Å². The third kappa shape index (κ3) is 17.8. The summed E-state index contributed by atoms with van der Waals surface area (Å²) in [6.45, 7) is 12.1. The van der Waals surface area contributed by atoms with Gasteiger partial charge in [0.2, 0.25) is 0 Å². The zero-order chi connectivity index (χ0) is 20.2. The van der Waals surface area contributed by atoms with Crippen LogP contribution in [0.4, 0.5) is 4.79 Å². The zero-order valence-corrected chi connectivity index (χ0v) is 18.2. The fraction of sp³-hybridized carbons (Fsp3) is 0.833. The highest BCUT2D eigenvalue weighted by molar-refractivity contribution is 5.85. The van der Waals surface area contributed by atoms with E-state index < -0.39 is 29.3 Å². The Morgan fingerprint density at radius 3 is 2.19 bits per heavy atom. The van der Waals surface area contributed by atoms with Crippen LogP contribution in [0.15, 0.2) is 0 Å². The van der Waals surface area contributed by atoms with E-state index in [2.05, 4.69) is 10.6 Å². The van der Waals surface area contributed by atoms with Crippen LogP contribution in [-0.2, 0) is 19.0 Å². The molecule has 0 radical (unpaired) electrons. The number of rotatable bonds is 11. The van der Waals surface area contributed by atoms with Gasteiger partial charge in [0.25, 0.3) is 0 Å². The van der Waals surface area contributed by atoms with E-state index >= 15 is 0 Å². The second-order valence-electron chi connectivity index (χ2n) is 7.92. The summed E-state index contributed by atoms with van der Waals surface area (Å²) in [5.74, 6) is -0.481. The summed E-state index contributed by atoms with van der Waals surface area (Å²) in [4.78, 5) is 24.3. The van der Waals surface area contributed by atoms with Crippen molar-refractivity contribution in [1.29, 1.82) is 5.41 Å². The number of nitrogens with one attached hydrogen (secondary N) is 3. The van der Waals surface area contributed by atoms with Crippen molar-refractivity contribution in [2.45, 2.75) is 78.0 Å². The molecule has 0 aromatic rings. The first-order chi connectivity index (χ1) is 11.9. The smallest absolute Gasteiger partial charge is 0.408 e. The van der Waals surface area contributed by atoms with Crippen LogP contribution in [0.5, 0.6) is 0 Å². The van der Waals surface area contributed by atoms with Crippen molar-refractivity contribution in [2.24, 2.45) is 0 Å². The molecule has 0 spiro atoms. The lowest BCUT2D eigenvalue weighted by atomic mass is 10.1. The molecule has 0 heterocycles. The van der Waals surface area contributed by atoms with Crippen molar-refractivity contribution in [1.82, 2.24) is 10.6 Å². The quantitative estimate of drug-likeness (QED) is 0.209. The van der Waals surface area contributed by atoms with Crippen molar-refractivity contribution in [3.05, 3.63) is 0 Å². The molecule has 8 nitrogen and oxygen atoms in total. The Kier molecular flexibility index (Phi) is 14.2. The molecule has 1 atom stereocenters. The van der Waals surface area contributed by atoms with Crippen LogP contribution in [0.25, 0.3) is 0 Å². The number of amides is 1. The summed E-state index contributed by atoms with van der Waals surface area (Å²) in [7, 11) is 0. The Labute approximate surface area is 169 Å². The van der Waals surface area contributed by atoms with Crippen LogP contribution in [-0.4, -0.2) is 55.4 Å². The maximum atomic E-state index is 12.3. The molecule has 160 valence electrons. The molecule has 0 bridgehead atoms. The van der Waals surface area contributed by atoms with E-state index in [0.29, 0.717) is 39.1 Å². The standard InChI is InChI=1S/C18H35N3O5.ClH/c1-17(2,3)25-15(22)14(21-16(23)26-18(4,5)6)9-7-11-20-13-24-12-8-10-19;/h10,14,19-20H,7-9,11-13H2,1-6H3,(H,21,23);1H/t14-;/m0./s1. The van der Waals surface area contributed by atoms with Crippen LogP contribution in [0.2, 0.25) is 0 Å². The van der Waals surface area contributed by atoms with E-state index in [4.69, 9.17) is 19.6 Å². The van der Waals surface area contributed by atoms with Crippen LogP contribution >= 0.6 is 12.4 Å². The average molecular weight is 410 g/mol. The van der Waals surface area contributed by atoms with Gasteiger partial charge in [-0.3, -0.25) is 5.32 Å². The minimum absolute atomic E-state index is 0. The van der Waals surface area contributed by atoms with E-state index in [1.54, 1.807) is 41.5 Å². The SMILES string of the molecule is CC(C)(C)OC(=O)N[C@@H](CCCNCOCCC=N)C(=O)OC(C)(C)C.Cl. The summed E-state index contributed by atoms with van der Waals surface area (Å²) >= 11 is 0. The number of carbonyl (C=O) groups is 2. The molecule has 0 saturated carbocycles. The average Bonchev–Trinajstić information content (AvgIpc) is 2.45. The highest BCUT2D eigenvalue weighted by Gasteiger charge is 2.28. The summed E-state index contributed by atoms with van der Waals surface area (Å²) in [6, 6.07) is -0.773. The predicted molar refractivity (Wildman–Crippen MR) is 108 cm³/mol. The van der Waals surface area contributed by atoms with Gasteiger partial charge >= 0.3 is 12.1 Å². The number of alkyl carbamates (subject to hydrolysis) is 1. The molecular weight excluding hydrogens is 374 g/mol.